The summed E-state index contributed by atoms with van der Waals surface area (Å²) in [6.45, 7) is 0. The van der Waals surface area contributed by atoms with Crippen molar-refractivity contribution >= 4 is 5.97 Å². The Kier molecular flexibility index (Phi) is 3.36. The van der Waals surface area contributed by atoms with Gasteiger partial charge in [0.25, 0.3) is 0 Å². The fraction of sp³-hybridized carbons (Fsp3) is 0.167. The first-order valence-electron chi connectivity index (χ1n) is 5.27. The second-order valence-corrected chi connectivity index (χ2v) is 3.75. The molecule has 6 heteroatoms. The molecule has 0 fully saturated rings. The van der Waals surface area contributed by atoms with E-state index in [1.165, 1.54) is 12.4 Å². The van der Waals surface area contributed by atoms with Crippen LogP contribution in [0.15, 0.2) is 24.5 Å². The number of aliphatic carboxylic acids is 1. The molecule has 18 heavy (non-hydrogen) atoms. The maximum Gasteiger partial charge on any atom is 0.303 e. The van der Waals surface area contributed by atoms with E-state index in [1.807, 2.05) is 0 Å². The predicted molar refractivity (Wildman–Crippen MR) is 59.9 cm³/mol. The Labute approximate surface area is 101 Å². The largest absolute Gasteiger partial charge is 0.481 e. The number of halogens is 2. The minimum absolute atomic E-state index is 0.0567. The molecular weight excluding hydrogens is 242 g/mol. The van der Waals surface area contributed by atoms with Crippen molar-refractivity contribution in [3.8, 4) is 11.3 Å². The van der Waals surface area contributed by atoms with Crippen LogP contribution in [-0.4, -0.2) is 21.0 Å². The van der Waals surface area contributed by atoms with Crippen molar-refractivity contribution in [2.75, 3.05) is 0 Å². The molecule has 2 rings (SSSR count). The topological polar surface area (TPSA) is 66.0 Å². The van der Waals surface area contributed by atoms with E-state index in [1.54, 1.807) is 0 Å². The van der Waals surface area contributed by atoms with E-state index in [0.29, 0.717) is 17.0 Å². The summed E-state index contributed by atoms with van der Waals surface area (Å²) in [4.78, 5) is 17.3. The third-order valence-corrected chi connectivity index (χ3v) is 2.50. The summed E-state index contributed by atoms with van der Waals surface area (Å²) in [5, 5.41) is 8.61. The lowest BCUT2D eigenvalue weighted by Crippen LogP contribution is -1.99. The van der Waals surface area contributed by atoms with Gasteiger partial charge >= 0.3 is 5.97 Å². The summed E-state index contributed by atoms with van der Waals surface area (Å²) < 4.78 is 25.9. The second kappa shape index (κ2) is 4.95. The Morgan fingerprint density at radius 2 is 2.11 bits per heavy atom. The summed E-state index contributed by atoms with van der Waals surface area (Å²) in [7, 11) is 0. The highest BCUT2D eigenvalue weighted by molar-refractivity contribution is 5.68. The highest BCUT2D eigenvalue weighted by Gasteiger charge is 2.12. The van der Waals surface area contributed by atoms with Gasteiger partial charge < -0.3 is 10.1 Å². The lowest BCUT2D eigenvalue weighted by Gasteiger charge is -2.02. The molecule has 0 saturated heterocycles. The fourth-order valence-corrected chi connectivity index (χ4v) is 1.64. The minimum Gasteiger partial charge on any atom is -0.481 e. The molecule has 1 aromatic heterocycles. The van der Waals surface area contributed by atoms with Crippen LogP contribution in [0.2, 0.25) is 0 Å². The van der Waals surface area contributed by atoms with Crippen molar-refractivity contribution in [2.24, 2.45) is 0 Å². The molecule has 0 unspecified atom stereocenters. The van der Waals surface area contributed by atoms with Gasteiger partial charge in [-0.25, -0.2) is 13.8 Å². The number of H-pyrrole nitrogens is 1. The Bertz CT molecular complexity index is 581. The molecule has 0 saturated carbocycles. The number of carboxylic acid groups (broad SMARTS) is 1. The predicted octanol–water partition coefficient (Wildman–Crippen LogP) is 2.37. The maximum absolute atomic E-state index is 13.1. The SMILES string of the molecule is O=C(O)CCc1[nH]cnc1-c1ccc(F)c(F)c1. The van der Waals surface area contributed by atoms with Crippen molar-refractivity contribution in [1.82, 2.24) is 9.97 Å². The number of carboxylic acids is 1. The van der Waals surface area contributed by atoms with Gasteiger partial charge in [0.05, 0.1) is 18.4 Å². The zero-order valence-electron chi connectivity index (χ0n) is 9.28. The van der Waals surface area contributed by atoms with Crippen molar-refractivity contribution in [2.45, 2.75) is 12.8 Å². The quantitative estimate of drug-likeness (QED) is 0.877. The van der Waals surface area contributed by atoms with E-state index < -0.39 is 17.6 Å². The van der Waals surface area contributed by atoms with Gasteiger partial charge in [0.15, 0.2) is 11.6 Å². The molecule has 0 amide bonds. The molecule has 0 atom stereocenters. The Hall–Kier alpha value is -2.24. The van der Waals surface area contributed by atoms with E-state index in [4.69, 9.17) is 5.11 Å². The van der Waals surface area contributed by atoms with E-state index in [9.17, 15) is 13.6 Å². The van der Waals surface area contributed by atoms with E-state index >= 15 is 0 Å². The molecular formula is C12H10F2N2O2. The van der Waals surface area contributed by atoms with Crippen LogP contribution in [-0.2, 0) is 11.2 Å². The molecule has 0 aliphatic heterocycles. The number of imidazole rings is 1. The number of aromatic amines is 1. The lowest BCUT2D eigenvalue weighted by molar-refractivity contribution is -0.136. The molecule has 0 spiro atoms. The van der Waals surface area contributed by atoms with Crippen molar-refractivity contribution in [3.63, 3.8) is 0 Å². The first kappa shape index (κ1) is 12.2. The summed E-state index contributed by atoms with van der Waals surface area (Å²) in [6, 6.07) is 3.45. The third kappa shape index (κ3) is 2.53. The minimum atomic E-state index is -0.959. The number of carbonyl (C=O) groups is 1. The van der Waals surface area contributed by atoms with Crippen LogP contribution < -0.4 is 0 Å². The highest BCUT2D eigenvalue weighted by Crippen LogP contribution is 2.23. The van der Waals surface area contributed by atoms with E-state index in [-0.39, 0.29) is 12.8 Å². The van der Waals surface area contributed by atoms with Gasteiger partial charge in [-0.05, 0) is 18.2 Å². The average Bonchev–Trinajstić information content (AvgIpc) is 2.78. The Morgan fingerprint density at radius 3 is 2.78 bits per heavy atom. The number of hydrogen-bond donors (Lipinski definition) is 2. The standard InChI is InChI=1S/C12H10F2N2O2/c13-8-2-1-7(5-9(8)14)12-10(15-6-16-12)3-4-11(17)18/h1-2,5-6H,3-4H2,(H,15,16)(H,17,18). The number of benzene rings is 1. The number of aryl methyl sites for hydroxylation is 1. The molecule has 1 heterocycles. The lowest BCUT2D eigenvalue weighted by atomic mass is 10.1. The average molecular weight is 252 g/mol. The summed E-state index contributed by atoms with van der Waals surface area (Å²) >= 11 is 0. The number of hydrogen-bond acceptors (Lipinski definition) is 2. The highest BCUT2D eigenvalue weighted by atomic mass is 19.2. The molecule has 2 aromatic rings. The summed E-state index contributed by atoms with van der Waals surface area (Å²) in [5.41, 5.74) is 1.44. The van der Waals surface area contributed by atoms with Gasteiger partial charge in [0, 0.05) is 17.7 Å². The van der Waals surface area contributed by atoms with Crippen molar-refractivity contribution in [3.05, 3.63) is 41.9 Å². The molecule has 1 aromatic carbocycles. The maximum atomic E-state index is 13.1. The molecule has 0 radical (unpaired) electrons. The normalized spacial score (nSPS) is 10.6. The number of nitrogens with zero attached hydrogens (tertiary/aromatic N) is 1. The smallest absolute Gasteiger partial charge is 0.303 e. The Morgan fingerprint density at radius 1 is 1.33 bits per heavy atom. The van der Waals surface area contributed by atoms with Gasteiger partial charge in [0.1, 0.15) is 0 Å². The molecule has 0 bridgehead atoms. The first-order chi connectivity index (χ1) is 8.58. The van der Waals surface area contributed by atoms with Gasteiger partial charge in [0.2, 0.25) is 0 Å². The number of rotatable bonds is 4. The molecule has 0 aliphatic carbocycles. The zero-order valence-corrected chi connectivity index (χ0v) is 9.28. The van der Waals surface area contributed by atoms with E-state index in [0.717, 1.165) is 12.1 Å². The van der Waals surface area contributed by atoms with Gasteiger partial charge in [-0.3, -0.25) is 4.79 Å². The van der Waals surface area contributed by atoms with Crippen molar-refractivity contribution in [1.29, 1.82) is 0 Å². The van der Waals surface area contributed by atoms with Gasteiger partial charge in [-0.2, -0.15) is 0 Å². The molecule has 2 N–H and O–H groups in total. The van der Waals surface area contributed by atoms with E-state index in [2.05, 4.69) is 9.97 Å². The summed E-state index contributed by atoms with van der Waals surface area (Å²) in [5.74, 6) is -2.82. The monoisotopic (exact) mass is 252 g/mol. The zero-order chi connectivity index (χ0) is 13.1. The first-order valence-corrected chi connectivity index (χ1v) is 5.27. The van der Waals surface area contributed by atoms with Crippen LogP contribution in [0.1, 0.15) is 12.1 Å². The fourth-order valence-electron chi connectivity index (χ4n) is 1.64. The van der Waals surface area contributed by atoms with Crippen LogP contribution in [0, 0.1) is 11.6 Å². The summed E-state index contributed by atoms with van der Waals surface area (Å²) in [6.07, 6.45) is 1.59. The van der Waals surface area contributed by atoms with Crippen molar-refractivity contribution < 1.29 is 18.7 Å². The van der Waals surface area contributed by atoms with Crippen LogP contribution in [0.4, 0.5) is 8.78 Å². The van der Waals surface area contributed by atoms with Gasteiger partial charge in [-0.1, -0.05) is 0 Å². The van der Waals surface area contributed by atoms with Crippen LogP contribution in [0.25, 0.3) is 11.3 Å². The number of aromatic nitrogens is 2. The van der Waals surface area contributed by atoms with Crippen LogP contribution >= 0.6 is 0 Å². The van der Waals surface area contributed by atoms with Gasteiger partial charge in [-0.15, -0.1) is 0 Å². The third-order valence-electron chi connectivity index (χ3n) is 2.50. The second-order valence-electron chi connectivity index (χ2n) is 3.75. The Balaban J connectivity index is 2.30. The molecule has 0 aliphatic rings. The number of nitrogens with one attached hydrogen (secondary N) is 1. The molecule has 94 valence electrons. The van der Waals surface area contributed by atoms with Crippen LogP contribution in [0.3, 0.4) is 0 Å². The molecule has 4 nitrogen and oxygen atoms in total. The van der Waals surface area contributed by atoms with Crippen LogP contribution in [0.5, 0.6) is 0 Å².